The van der Waals surface area contributed by atoms with Crippen LogP contribution in [0.15, 0.2) is 0 Å². The third-order valence-corrected chi connectivity index (χ3v) is 5.01. The first-order valence-electron chi connectivity index (χ1n) is 7.26. The van der Waals surface area contributed by atoms with Crippen LogP contribution in [0.4, 0.5) is 0 Å². The Kier molecular flexibility index (Phi) is 4.26. The summed E-state index contributed by atoms with van der Waals surface area (Å²) in [5.74, 6) is 0.969. The fourth-order valence-corrected chi connectivity index (χ4v) is 3.71. The molecule has 1 saturated heterocycles. The largest absolute Gasteiger partial charge is 0.329 e. The second-order valence-electron chi connectivity index (χ2n) is 5.83. The zero-order valence-corrected chi connectivity index (χ0v) is 10.9. The van der Waals surface area contributed by atoms with Crippen molar-refractivity contribution in [2.45, 2.75) is 63.8 Å². The number of likely N-dealkylation sites (tertiary alicyclic amines) is 1. The van der Waals surface area contributed by atoms with Crippen molar-refractivity contribution in [3.05, 3.63) is 0 Å². The van der Waals surface area contributed by atoms with Crippen molar-refractivity contribution in [1.82, 2.24) is 4.90 Å². The van der Waals surface area contributed by atoms with Crippen molar-refractivity contribution >= 4 is 0 Å². The lowest BCUT2D eigenvalue weighted by atomic mass is 9.87. The van der Waals surface area contributed by atoms with Crippen molar-refractivity contribution in [2.75, 3.05) is 19.6 Å². The predicted molar refractivity (Wildman–Crippen MR) is 69.5 cm³/mol. The maximum absolute atomic E-state index is 6.13. The lowest BCUT2D eigenvalue weighted by Gasteiger charge is -2.41. The van der Waals surface area contributed by atoms with Gasteiger partial charge >= 0.3 is 0 Å². The minimum atomic E-state index is 0.375. The highest BCUT2D eigenvalue weighted by atomic mass is 15.2. The van der Waals surface area contributed by atoms with Crippen LogP contribution in [0.2, 0.25) is 0 Å². The van der Waals surface area contributed by atoms with E-state index in [0.29, 0.717) is 5.54 Å². The summed E-state index contributed by atoms with van der Waals surface area (Å²) in [6, 6.07) is 0. The van der Waals surface area contributed by atoms with E-state index in [1.165, 1.54) is 64.5 Å². The molecule has 2 fully saturated rings. The fourth-order valence-electron chi connectivity index (χ4n) is 3.71. The summed E-state index contributed by atoms with van der Waals surface area (Å²) in [6.45, 7) is 5.82. The monoisotopic (exact) mass is 224 g/mol. The van der Waals surface area contributed by atoms with E-state index >= 15 is 0 Å². The summed E-state index contributed by atoms with van der Waals surface area (Å²) < 4.78 is 0. The number of nitrogens with two attached hydrogens (primary N) is 1. The van der Waals surface area contributed by atoms with Crippen LogP contribution in [0.1, 0.15) is 58.3 Å². The van der Waals surface area contributed by atoms with Gasteiger partial charge in [0.05, 0.1) is 0 Å². The molecule has 0 aromatic carbocycles. The smallest absolute Gasteiger partial charge is 0.0331 e. The van der Waals surface area contributed by atoms with Crippen LogP contribution in [-0.2, 0) is 0 Å². The van der Waals surface area contributed by atoms with Crippen LogP contribution < -0.4 is 5.73 Å². The Morgan fingerprint density at radius 3 is 2.50 bits per heavy atom. The van der Waals surface area contributed by atoms with Crippen molar-refractivity contribution in [3.8, 4) is 0 Å². The van der Waals surface area contributed by atoms with E-state index in [9.17, 15) is 0 Å². The molecule has 1 aliphatic carbocycles. The molecule has 2 unspecified atom stereocenters. The molecule has 0 radical (unpaired) electrons. The van der Waals surface area contributed by atoms with E-state index in [-0.39, 0.29) is 0 Å². The second-order valence-corrected chi connectivity index (χ2v) is 5.83. The van der Waals surface area contributed by atoms with Crippen LogP contribution in [0.5, 0.6) is 0 Å². The Bertz CT molecular complexity index is 211. The van der Waals surface area contributed by atoms with Crippen LogP contribution in [0.3, 0.4) is 0 Å². The van der Waals surface area contributed by atoms with Gasteiger partial charge in [-0.1, -0.05) is 26.2 Å². The first-order chi connectivity index (χ1) is 7.80. The molecule has 0 aromatic rings. The number of hydrogen-bond donors (Lipinski definition) is 1. The van der Waals surface area contributed by atoms with Crippen LogP contribution in [0.25, 0.3) is 0 Å². The molecule has 2 aliphatic rings. The molecule has 2 heteroatoms. The molecule has 0 amide bonds. The van der Waals surface area contributed by atoms with Gasteiger partial charge in [0.2, 0.25) is 0 Å². The topological polar surface area (TPSA) is 29.3 Å². The molecule has 2 nitrogen and oxygen atoms in total. The van der Waals surface area contributed by atoms with Gasteiger partial charge < -0.3 is 5.73 Å². The minimum Gasteiger partial charge on any atom is -0.329 e. The van der Waals surface area contributed by atoms with Crippen molar-refractivity contribution in [3.63, 3.8) is 0 Å². The average molecular weight is 224 g/mol. The van der Waals surface area contributed by atoms with Gasteiger partial charge in [-0.3, -0.25) is 4.90 Å². The zero-order chi connectivity index (χ0) is 11.4. The quantitative estimate of drug-likeness (QED) is 0.747. The Balaban J connectivity index is 2.02. The summed E-state index contributed by atoms with van der Waals surface area (Å²) in [6.07, 6.45) is 11.1. The standard InChI is InChI=1S/C14H28N2/c1-2-13-6-5-8-14(12-15,9-7-13)16-10-3-4-11-16/h13H,2-12,15H2,1H3. The summed E-state index contributed by atoms with van der Waals surface area (Å²) in [4.78, 5) is 2.71. The highest BCUT2D eigenvalue weighted by Gasteiger charge is 2.38. The summed E-state index contributed by atoms with van der Waals surface area (Å²) in [7, 11) is 0. The molecule has 0 aromatic heterocycles. The Hall–Kier alpha value is -0.0800. The molecule has 1 saturated carbocycles. The molecule has 2 N–H and O–H groups in total. The van der Waals surface area contributed by atoms with Crippen molar-refractivity contribution in [2.24, 2.45) is 11.7 Å². The highest BCUT2D eigenvalue weighted by molar-refractivity contribution is 4.95. The molecule has 1 heterocycles. The van der Waals surface area contributed by atoms with Crippen LogP contribution >= 0.6 is 0 Å². The van der Waals surface area contributed by atoms with Crippen molar-refractivity contribution < 1.29 is 0 Å². The van der Waals surface area contributed by atoms with Gasteiger partial charge in [0.25, 0.3) is 0 Å². The zero-order valence-electron chi connectivity index (χ0n) is 10.9. The Morgan fingerprint density at radius 2 is 1.88 bits per heavy atom. The molecule has 0 bridgehead atoms. The van der Waals surface area contributed by atoms with Gasteiger partial charge in [-0.2, -0.15) is 0 Å². The lowest BCUT2D eigenvalue weighted by Crippen LogP contribution is -2.52. The normalized spacial score (nSPS) is 37.5. The molecular weight excluding hydrogens is 196 g/mol. The van der Waals surface area contributed by atoms with E-state index in [0.717, 1.165) is 12.5 Å². The van der Waals surface area contributed by atoms with Crippen molar-refractivity contribution in [1.29, 1.82) is 0 Å². The van der Waals surface area contributed by atoms with E-state index < -0.39 is 0 Å². The molecule has 2 atom stereocenters. The Labute approximate surface area is 101 Å². The third-order valence-electron chi connectivity index (χ3n) is 5.01. The summed E-state index contributed by atoms with van der Waals surface area (Å²) in [5, 5.41) is 0. The maximum atomic E-state index is 6.13. The van der Waals surface area contributed by atoms with Gasteiger partial charge in [-0.05, 0) is 51.1 Å². The van der Waals surface area contributed by atoms with E-state index in [2.05, 4.69) is 11.8 Å². The van der Waals surface area contributed by atoms with Gasteiger partial charge in [0.15, 0.2) is 0 Å². The second kappa shape index (κ2) is 5.50. The highest BCUT2D eigenvalue weighted by Crippen LogP contribution is 2.36. The summed E-state index contributed by atoms with van der Waals surface area (Å²) in [5.41, 5.74) is 6.51. The van der Waals surface area contributed by atoms with Gasteiger partial charge in [0, 0.05) is 12.1 Å². The molecule has 94 valence electrons. The van der Waals surface area contributed by atoms with E-state index in [1.807, 2.05) is 0 Å². The minimum absolute atomic E-state index is 0.375. The van der Waals surface area contributed by atoms with E-state index in [4.69, 9.17) is 5.73 Å². The third kappa shape index (κ3) is 2.43. The molecule has 0 spiro atoms. The Morgan fingerprint density at radius 1 is 1.12 bits per heavy atom. The van der Waals surface area contributed by atoms with Gasteiger partial charge in [-0.25, -0.2) is 0 Å². The number of nitrogens with zero attached hydrogens (tertiary/aromatic N) is 1. The number of hydrogen-bond acceptors (Lipinski definition) is 2. The maximum Gasteiger partial charge on any atom is 0.0331 e. The average Bonchev–Trinajstić information content (AvgIpc) is 2.77. The molecular formula is C14H28N2. The number of rotatable bonds is 3. The molecule has 2 rings (SSSR count). The SMILES string of the molecule is CCC1CCCC(CN)(N2CCCC2)CC1. The first-order valence-corrected chi connectivity index (χ1v) is 7.26. The summed E-state index contributed by atoms with van der Waals surface area (Å²) >= 11 is 0. The predicted octanol–water partition coefficient (Wildman–Crippen LogP) is 2.77. The van der Waals surface area contributed by atoms with Gasteiger partial charge in [-0.15, -0.1) is 0 Å². The molecule has 16 heavy (non-hydrogen) atoms. The fraction of sp³-hybridized carbons (Fsp3) is 1.00. The first kappa shape index (κ1) is 12.4. The van der Waals surface area contributed by atoms with Crippen LogP contribution in [0, 0.1) is 5.92 Å². The lowest BCUT2D eigenvalue weighted by molar-refractivity contribution is 0.104. The molecule has 1 aliphatic heterocycles. The van der Waals surface area contributed by atoms with E-state index in [1.54, 1.807) is 0 Å². The van der Waals surface area contributed by atoms with Crippen LogP contribution in [-0.4, -0.2) is 30.1 Å². The van der Waals surface area contributed by atoms with Gasteiger partial charge in [0.1, 0.15) is 0 Å².